The first-order chi connectivity index (χ1) is 15.7. The monoisotopic (exact) mass is 430 g/mol. The summed E-state index contributed by atoms with van der Waals surface area (Å²) < 4.78 is 11.8. The third kappa shape index (κ3) is 6.84. The number of hydrogen-bond donors (Lipinski definition) is 1. The molecular weight excluding hydrogens is 400 g/mol. The molecule has 32 heavy (non-hydrogen) atoms. The molecule has 1 aliphatic carbocycles. The van der Waals surface area contributed by atoms with Crippen molar-refractivity contribution in [3.05, 3.63) is 89.7 Å². The van der Waals surface area contributed by atoms with Crippen LogP contribution in [0.1, 0.15) is 48.8 Å². The fraction of sp³-hybridized carbons (Fsp3) is 0.333. The Morgan fingerprint density at radius 2 is 1.75 bits per heavy atom. The van der Waals surface area contributed by atoms with Crippen LogP contribution in [0.3, 0.4) is 0 Å². The maximum atomic E-state index is 12.3. The lowest BCUT2D eigenvalue weighted by Gasteiger charge is -2.14. The summed E-state index contributed by atoms with van der Waals surface area (Å²) in [4.78, 5) is 16.4. The highest BCUT2D eigenvalue weighted by Gasteiger charge is 2.16. The van der Waals surface area contributed by atoms with E-state index < -0.39 is 0 Å². The highest BCUT2D eigenvalue weighted by atomic mass is 16.5. The van der Waals surface area contributed by atoms with Crippen LogP contribution in [0.4, 0.5) is 0 Å². The number of carbonyl (C=O) groups is 1. The van der Waals surface area contributed by atoms with E-state index in [9.17, 15) is 4.79 Å². The summed E-state index contributed by atoms with van der Waals surface area (Å²) in [6.07, 6.45) is 9.85. The minimum atomic E-state index is 0.0454. The van der Waals surface area contributed by atoms with E-state index in [-0.39, 0.29) is 5.91 Å². The van der Waals surface area contributed by atoms with Gasteiger partial charge in [0.2, 0.25) is 5.91 Å². The molecule has 1 N–H and O–H groups in total. The van der Waals surface area contributed by atoms with Crippen molar-refractivity contribution in [2.75, 3.05) is 0 Å². The Labute approximate surface area is 189 Å². The molecule has 1 amide bonds. The van der Waals surface area contributed by atoms with Gasteiger partial charge < -0.3 is 14.8 Å². The van der Waals surface area contributed by atoms with Gasteiger partial charge >= 0.3 is 0 Å². The smallest absolute Gasteiger partial charge is 0.220 e. The Bertz CT molecular complexity index is 983. The standard InChI is InChI=1S/C27H30N2O3/c30-27(15-12-21-5-3-9-26(17-21)32-25-7-1-2-8-25)29-19-22-10-13-24(14-11-22)31-20-23-6-4-16-28-18-23/h3-6,9-11,13-14,16-18,25H,1-2,7-8,12,15,19-20H2,(H,29,30). The van der Waals surface area contributed by atoms with Gasteiger partial charge in [0.25, 0.3) is 0 Å². The SMILES string of the molecule is O=C(CCc1cccc(OC2CCCC2)c1)NCc1ccc(OCc2cccnc2)cc1. The number of carbonyl (C=O) groups excluding carboxylic acids is 1. The molecule has 4 rings (SSSR count). The van der Waals surface area contributed by atoms with Gasteiger partial charge in [-0.3, -0.25) is 9.78 Å². The predicted octanol–water partition coefficient (Wildman–Crippen LogP) is 5.23. The second-order valence-corrected chi connectivity index (χ2v) is 8.24. The van der Waals surface area contributed by atoms with E-state index >= 15 is 0 Å². The molecule has 5 nitrogen and oxygen atoms in total. The molecular formula is C27H30N2O3. The lowest BCUT2D eigenvalue weighted by atomic mass is 10.1. The first-order valence-corrected chi connectivity index (χ1v) is 11.4. The molecule has 1 heterocycles. The van der Waals surface area contributed by atoms with E-state index in [2.05, 4.69) is 22.4 Å². The zero-order chi connectivity index (χ0) is 22.0. The number of amides is 1. The average molecular weight is 431 g/mol. The molecule has 0 spiro atoms. The summed E-state index contributed by atoms with van der Waals surface area (Å²) in [6, 6.07) is 19.8. The van der Waals surface area contributed by atoms with Crippen LogP contribution in [0.5, 0.6) is 11.5 Å². The molecule has 0 saturated heterocycles. The number of hydrogen-bond acceptors (Lipinski definition) is 4. The van der Waals surface area contributed by atoms with Crippen LogP contribution in [0.2, 0.25) is 0 Å². The topological polar surface area (TPSA) is 60.5 Å². The Balaban J connectivity index is 1.18. The highest BCUT2D eigenvalue weighted by Crippen LogP contribution is 2.25. The molecule has 166 valence electrons. The number of benzene rings is 2. The van der Waals surface area contributed by atoms with E-state index in [0.29, 0.717) is 32.1 Å². The average Bonchev–Trinajstić information content (AvgIpc) is 3.35. The fourth-order valence-corrected chi connectivity index (χ4v) is 3.87. The molecule has 5 heteroatoms. The van der Waals surface area contributed by atoms with Crippen molar-refractivity contribution in [2.45, 2.75) is 57.8 Å². The first-order valence-electron chi connectivity index (χ1n) is 11.4. The normalized spacial score (nSPS) is 13.6. The number of pyridine rings is 1. The van der Waals surface area contributed by atoms with Gasteiger partial charge in [-0.15, -0.1) is 0 Å². The molecule has 3 aromatic rings. The molecule has 0 radical (unpaired) electrons. The van der Waals surface area contributed by atoms with E-state index in [4.69, 9.17) is 9.47 Å². The van der Waals surface area contributed by atoms with Crippen molar-refractivity contribution in [1.29, 1.82) is 0 Å². The van der Waals surface area contributed by atoms with Crippen molar-refractivity contribution >= 4 is 5.91 Å². The second kappa shape index (κ2) is 11.3. The zero-order valence-electron chi connectivity index (χ0n) is 18.3. The molecule has 0 atom stereocenters. The lowest BCUT2D eigenvalue weighted by molar-refractivity contribution is -0.121. The van der Waals surface area contributed by atoms with Gasteiger partial charge in [0.1, 0.15) is 18.1 Å². The fourth-order valence-electron chi connectivity index (χ4n) is 3.87. The Morgan fingerprint density at radius 1 is 0.938 bits per heavy atom. The van der Waals surface area contributed by atoms with E-state index in [1.807, 2.05) is 48.5 Å². The summed E-state index contributed by atoms with van der Waals surface area (Å²) in [5.41, 5.74) is 3.20. The van der Waals surface area contributed by atoms with Crippen LogP contribution in [0.15, 0.2) is 73.1 Å². The molecule has 1 aromatic heterocycles. The number of aromatic nitrogens is 1. The van der Waals surface area contributed by atoms with Crippen LogP contribution >= 0.6 is 0 Å². The molecule has 0 unspecified atom stereocenters. The van der Waals surface area contributed by atoms with Gasteiger partial charge in [0.15, 0.2) is 0 Å². The van der Waals surface area contributed by atoms with Crippen molar-refractivity contribution in [2.24, 2.45) is 0 Å². The predicted molar refractivity (Wildman–Crippen MR) is 125 cm³/mol. The first kappa shape index (κ1) is 21.9. The maximum absolute atomic E-state index is 12.3. The number of rotatable bonds is 10. The van der Waals surface area contributed by atoms with E-state index in [1.54, 1.807) is 12.4 Å². The minimum absolute atomic E-state index is 0.0454. The van der Waals surface area contributed by atoms with E-state index in [0.717, 1.165) is 41.0 Å². The second-order valence-electron chi connectivity index (χ2n) is 8.24. The zero-order valence-corrected chi connectivity index (χ0v) is 18.3. The van der Waals surface area contributed by atoms with Crippen molar-refractivity contribution in [1.82, 2.24) is 10.3 Å². The van der Waals surface area contributed by atoms with Gasteiger partial charge in [-0.1, -0.05) is 30.3 Å². The summed E-state index contributed by atoms with van der Waals surface area (Å²) in [7, 11) is 0. The van der Waals surface area contributed by atoms with Crippen molar-refractivity contribution < 1.29 is 14.3 Å². The van der Waals surface area contributed by atoms with Crippen LogP contribution in [-0.4, -0.2) is 17.0 Å². The molecule has 1 saturated carbocycles. The van der Waals surface area contributed by atoms with Gasteiger partial charge in [-0.05, 0) is 73.6 Å². The van der Waals surface area contributed by atoms with Gasteiger partial charge in [-0.25, -0.2) is 0 Å². The lowest BCUT2D eigenvalue weighted by Crippen LogP contribution is -2.23. The van der Waals surface area contributed by atoms with Crippen LogP contribution in [0.25, 0.3) is 0 Å². The van der Waals surface area contributed by atoms with Crippen LogP contribution in [-0.2, 0) is 24.4 Å². The van der Waals surface area contributed by atoms with Crippen molar-refractivity contribution in [3.8, 4) is 11.5 Å². The third-order valence-corrected chi connectivity index (χ3v) is 5.69. The third-order valence-electron chi connectivity index (χ3n) is 5.69. The Hall–Kier alpha value is -3.34. The molecule has 0 bridgehead atoms. The number of nitrogens with one attached hydrogen (secondary N) is 1. The summed E-state index contributed by atoms with van der Waals surface area (Å²) in [6.45, 7) is 0.989. The summed E-state index contributed by atoms with van der Waals surface area (Å²) in [5, 5.41) is 3.00. The summed E-state index contributed by atoms with van der Waals surface area (Å²) in [5.74, 6) is 1.76. The number of nitrogens with zero attached hydrogens (tertiary/aromatic N) is 1. The van der Waals surface area contributed by atoms with Gasteiger partial charge in [-0.2, -0.15) is 0 Å². The number of ether oxygens (including phenoxy) is 2. The Kier molecular flexibility index (Phi) is 7.74. The van der Waals surface area contributed by atoms with E-state index in [1.165, 1.54) is 12.8 Å². The van der Waals surface area contributed by atoms with Crippen LogP contribution in [0, 0.1) is 0 Å². The molecule has 0 aliphatic heterocycles. The van der Waals surface area contributed by atoms with Gasteiger partial charge in [0.05, 0.1) is 6.10 Å². The summed E-state index contributed by atoms with van der Waals surface area (Å²) >= 11 is 0. The molecule has 2 aromatic carbocycles. The highest BCUT2D eigenvalue weighted by molar-refractivity contribution is 5.76. The molecule has 1 aliphatic rings. The van der Waals surface area contributed by atoms with Crippen LogP contribution < -0.4 is 14.8 Å². The minimum Gasteiger partial charge on any atom is -0.490 e. The largest absolute Gasteiger partial charge is 0.490 e. The van der Waals surface area contributed by atoms with Crippen molar-refractivity contribution in [3.63, 3.8) is 0 Å². The maximum Gasteiger partial charge on any atom is 0.220 e. The quantitative estimate of drug-likeness (QED) is 0.478. The molecule has 1 fully saturated rings. The Morgan fingerprint density at radius 3 is 2.53 bits per heavy atom. The number of aryl methyl sites for hydroxylation is 1. The van der Waals surface area contributed by atoms with Gasteiger partial charge in [0, 0.05) is 30.9 Å².